The number of hydrogen-bond acceptors (Lipinski definition) is 3. The number of carbonyl (C=O) groups excluding carboxylic acids is 1. The van der Waals surface area contributed by atoms with E-state index in [0.717, 1.165) is 18.9 Å². The Hall–Kier alpha value is -1.58. The van der Waals surface area contributed by atoms with Gasteiger partial charge in [-0.1, -0.05) is 25.5 Å². The fourth-order valence-corrected chi connectivity index (χ4v) is 0.975. The molecule has 0 saturated heterocycles. The van der Waals surface area contributed by atoms with Crippen molar-refractivity contribution in [1.29, 1.82) is 0 Å². The number of carboxylic acids is 1. The molecule has 0 heterocycles. The molecule has 0 aliphatic carbocycles. The molecule has 0 aliphatic heterocycles. The molecule has 0 saturated carbocycles. The molecular weight excluding hydrogens is 196 g/mol. The fourth-order valence-electron chi connectivity index (χ4n) is 0.975. The van der Waals surface area contributed by atoms with E-state index in [4.69, 9.17) is 9.84 Å². The molecule has 1 unspecified atom stereocenters. The minimum atomic E-state index is -1.05. The molecule has 1 atom stereocenters. The number of rotatable bonds is 6. The Morgan fingerprint density at radius 3 is 2.47 bits per heavy atom. The summed E-state index contributed by atoms with van der Waals surface area (Å²) in [5.41, 5.74) is 0. The van der Waals surface area contributed by atoms with Gasteiger partial charge in [-0.25, -0.2) is 9.59 Å². The van der Waals surface area contributed by atoms with E-state index in [0.29, 0.717) is 0 Å². The number of esters is 1. The molecule has 0 aliphatic rings. The van der Waals surface area contributed by atoms with Crippen molar-refractivity contribution in [2.75, 3.05) is 0 Å². The number of carbonyl (C=O) groups is 2. The Labute approximate surface area is 89.2 Å². The van der Waals surface area contributed by atoms with Crippen LogP contribution in [0.15, 0.2) is 24.3 Å². The summed E-state index contributed by atoms with van der Waals surface area (Å²) in [5, 5.41) is 8.26. The van der Waals surface area contributed by atoms with Crippen LogP contribution in [-0.2, 0) is 14.3 Å². The van der Waals surface area contributed by atoms with Gasteiger partial charge in [0.1, 0.15) is 0 Å². The normalized spacial score (nSPS) is 13.2. The predicted molar refractivity (Wildman–Crippen MR) is 56.4 cm³/mol. The van der Waals surface area contributed by atoms with Crippen LogP contribution in [0.2, 0.25) is 0 Å². The lowest BCUT2D eigenvalue weighted by molar-refractivity contribution is -0.142. The minimum absolute atomic E-state index is 0.101. The molecule has 84 valence electrons. The lowest BCUT2D eigenvalue weighted by Gasteiger charge is -2.09. The molecule has 15 heavy (non-hydrogen) atoms. The maximum atomic E-state index is 11.1. The van der Waals surface area contributed by atoms with Crippen LogP contribution in [0.25, 0.3) is 0 Å². The number of ether oxygens (including phenoxy) is 1. The molecule has 0 spiro atoms. The third-order valence-corrected chi connectivity index (χ3v) is 1.59. The molecule has 0 aromatic carbocycles. The SMILES string of the molecule is CCCC(C)OC(=O)C=CC=CC(=O)O. The summed E-state index contributed by atoms with van der Waals surface area (Å²) in [6, 6.07) is 0. The van der Waals surface area contributed by atoms with Crippen LogP contribution in [0.4, 0.5) is 0 Å². The van der Waals surface area contributed by atoms with Crippen molar-refractivity contribution >= 4 is 11.9 Å². The Kier molecular flexibility index (Phi) is 6.97. The van der Waals surface area contributed by atoms with Crippen molar-refractivity contribution in [3.05, 3.63) is 24.3 Å². The summed E-state index contributed by atoms with van der Waals surface area (Å²) in [6.45, 7) is 3.83. The van der Waals surface area contributed by atoms with E-state index in [1.807, 2.05) is 13.8 Å². The Morgan fingerprint density at radius 2 is 1.93 bits per heavy atom. The van der Waals surface area contributed by atoms with Crippen LogP contribution in [0.1, 0.15) is 26.7 Å². The average Bonchev–Trinajstić information content (AvgIpc) is 2.12. The lowest BCUT2D eigenvalue weighted by atomic mass is 10.2. The first-order valence-electron chi connectivity index (χ1n) is 4.84. The van der Waals surface area contributed by atoms with Gasteiger partial charge in [-0.15, -0.1) is 0 Å². The first-order valence-corrected chi connectivity index (χ1v) is 4.84. The maximum Gasteiger partial charge on any atom is 0.331 e. The zero-order valence-electron chi connectivity index (χ0n) is 8.97. The summed E-state index contributed by atoms with van der Waals surface area (Å²) >= 11 is 0. The van der Waals surface area contributed by atoms with Crippen LogP contribution in [0.3, 0.4) is 0 Å². The van der Waals surface area contributed by atoms with Gasteiger partial charge in [-0.3, -0.25) is 0 Å². The minimum Gasteiger partial charge on any atom is -0.478 e. The highest BCUT2D eigenvalue weighted by Gasteiger charge is 2.04. The molecular formula is C11H16O4. The Bertz CT molecular complexity index is 266. The monoisotopic (exact) mass is 212 g/mol. The quantitative estimate of drug-likeness (QED) is 0.415. The highest BCUT2D eigenvalue weighted by molar-refractivity contribution is 5.83. The van der Waals surface area contributed by atoms with Gasteiger partial charge in [0.2, 0.25) is 0 Å². The predicted octanol–water partition coefficient (Wildman–Crippen LogP) is 1.92. The third-order valence-electron chi connectivity index (χ3n) is 1.59. The van der Waals surface area contributed by atoms with Crippen molar-refractivity contribution in [1.82, 2.24) is 0 Å². The second kappa shape index (κ2) is 7.79. The number of aliphatic carboxylic acids is 1. The molecule has 1 N–H and O–H groups in total. The molecule has 0 rings (SSSR count). The van der Waals surface area contributed by atoms with Crippen LogP contribution in [0, 0.1) is 0 Å². The van der Waals surface area contributed by atoms with Gasteiger partial charge in [0.05, 0.1) is 6.10 Å². The average molecular weight is 212 g/mol. The molecule has 4 heteroatoms. The molecule has 4 nitrogen and oxygen atoms in total. The van der Waals surface area contributed by atoms with E-state index in [9.17, 15) is 9.59 Å². The molecule has 0 aromatic rings. The number of hydrogen-bond donors (Lipinski definition) is 1. The van der Waals surface area contributed by atoms with Gasteiger partial charge in [0, 0.05) is 12.2 Å². The van der Waals surface area contributed by atoms with Crippen molar-refractivity contribution in [2.45, 2.75) is 32.8 Å². The highest BCUT2D eigenvalue weighted by atomic mass is 16.5. The van der Waals surface area contributed by atoms with Crippen molar-refractivity contribution in [3.63, 3.8) is 0 Å². The highest BCUT2D eigenvalue weighted by Crippen LogP contribution is 2.01. The number of allylic oxidation sites excluding steroid dienone is 2. The van der Waals surface area contributed by atoms with Crippen LogP contribution >= 0.6 is 0 Å². The van der Waals surface area contributed by atoms with Gasteiger partial charge >= 0.3 is 11.9 Å². The van der Waals surface area contributed by atoms with Gasteiger partial charge in [-0.2, -0.15) is 0 Å². The topological polar surface area (TPSA) is 63.6 Å². The van der Waals surface area contributed by atoms with Gasteiger partial charge in [-0.05, 0) is 13.3 Å². The van der Waals surface area contributed by atoms with E-state index < -0.39 is 11.9 Å². The van der Waals surface area contributed by atoms with Crippen LogP contribution in [0.5, 0.6) is 0 Å². The third kappa shape index (κ3) is 8.74. The van der Waals surface area contributed by atoms with Crippen molar-refractivity contribution in [2.24, 2.45) is 0 Å². The Balaban J connectivity index is 3.87. The first-order chi connectivity index (χ1) is 7.06. The fraction of sp³-hybridized carbons (Fsp3) is 0.455. The molecule has 0 radical (unpaired) electrons. The molecule has 0 fully saturated rings. The van der Waals surface area contributed by atoms with Crippen molar-refractivity contribution in [3.8, 4) is 0 Å². The molecule has 0 amide bonds. The zero-order chi connectivity index (χ0) is 11.7. The van der Waals surface area contributed by atoms with E-state index in [2.05, 4.69) is 0 Å². The smallest absolute Gasteiger partial charge is 0.331 e. The second-order valence-electron chi connectivity index (χ2n) is 3.09. The maximum absolute atomic E-state index is 11.1. The van der Waals surface area contributed by atoms with E-state index >= 15 is 0 Å². The molecule has 0 aromatic heterocycles. The van der Waals surface area contributed by atoms with Gasteiger partial charge in [0.25, 0.3) is 0 Å². The summed E-state index contributed by atoms with van der Waals surface area (Å²) in [4.78, 5) is 21.2. The summed E-state index contributed by atoms with van der Waals surface area (Å²) in [6.07, 6.45) is 6.44. The first kappa shape index (κ1) is 13.4. The lowest BCUT2D eigenvalue weighted by Crippen LogP contribution is -2.12. The summed E-state index contributed by atoms with van der Waals surface area (Å²) in [7, 11) is 0. The molecule has 0 bridgehead atoms. The summed E-state index contributed by atoms with van der Waals surface area (Å²) in [5.74, 6) is -1.50. The van der Waals surface area contributed by atoms with E-state index in [1.54, 1.807) is 0 Å². The largest absolute Gasteiger partial charge is 0.478 e. The van der Waals surface area contributed by atoms with Gasteiger partial charge < -0.3 is 9.84 Å². The number of carboxylic acid groups (broad SMARTS) is 1. The van der Waals surface area contributed by atoms with Crippen LogP contribution < -0.4 is 0 Å². The standard InChI is InChI=1S/C11H16O4/c1-3-6-9(2)15-11(14)8-5-4-7-10(12)13/h4-5,7-9H,3,6H2,1-2H3,(H,12,13). The second-order valence-corrected chi connectivity index (χ2v) is 3.09. The van der Waals surface area contributed by atoms with Crippen molar-refractivity contribution < 1.29 is 19.4 Å². The van der Waals surface area contributed by atoms with Gasteiger partial charge in [0.15, 0.2) is 0 Å². The van der Waals surface area contributed by atoms with Crippen LogP contribution in [-0.4, -0.2) is 23.1 Å². The van der Waals surface area contributed by atoms with E-state index in [-0.39, 0.29) is 6.10 Å². The zero-order valence-corrected chi connectivity index (χ0v) is 8.97. The van der Waals surface area contributed by atoms with E-state index in [1.165, 1.54) is 18.2 Å². The Morgan fingerprint density at radius 1 is 1.33 bits per heavy atom. The summed E-state index contributed by atoms with van der Waals surface area (Å²) < 4.78 is 4.99.